The van der Waals surface area contributed by atoms with Gasteiger partial charge in [-0.15, -0.1) is 0 Å². The SMILES string of the molecule is CC(C)C(N)CC(=O)Nc1ccc(NC(N)=O)cc1. The average Bonchev–Trinajstić information content (AvgIpc) is 2.30. The summed E-state index contributed by atoms with van der Waals surface area (Å²) in [5, 5.41) is 5.18. The first-order chi connectivity index (χ1) is 8.88. The molecule has 0 aliphatic heterocycles. The van der Waals surface area contributed by atoms with Crippen LogP contribution in [0.3, 0.4) is 0 Å². The molecule has 0 aromatic heterocycles. The number of nitrogens with one attached hydrogen (secondary N) is 2. The van der Waals surface area contributed by atoms with E-state index in [0.717, 1.165) is 0 Å². The maximum atomic E-state index is 11.7. The molecule has 6 N–H and O–H groups in total. The number of amides is 3. The standard InChI is InChI=1S/C13H20N4O2/c1-8(2)11(14)7-12(18)16-9-3-5-10(6-4-9)17-13(15)19/h3-6,8,11H,7,14H2,1-2H3,(H,16,18)(H3,15,17,19). The quantitative estimate of drug-likeness (QED) is 0.646. The minimum atomic E-state index is -0.625. The second kappa shape index (κ2) is 6.75. The van der Waals surface area contributed by atoms with Crippen LogP contribution in [0.1, 0.15) is 20.3 Å². The van der Waals surface area contributed by atoms with Gasteiger partial charge in [0.25, 0.3) is 0 Å². The maximum absolute atomic E-state index is 11.7. The molecule has 1 aromatic rings. The first-order valence-electron chi connectivity index (χ1n) is 6.10. The topological polar surface area (TPSA) is 110 Å². The van der Waals surface area contributed by atoms with E-state index in [-0.39, 0.29) is 24.3 Å². The van der Waals surface area contributed by atoms with Gasteiger partial charge in [0.15, 0.2) is 0 Å². The highest BCUT2D eigenvalue weighted by atomic mass is 16.2. The lowest BCUT2D eigenvalue weighted by atomic mass is 10.0. The summed E-state index contributed by atoms with van der Waals surface area (Å²) < 4.78 is 0. The van der Waals surface area contributed by atoms with Crippen molar-refractivity contribution in [2.75, 3.05) is 10.6 Å². The van der Waals surface area contributed by atoms with Crippen molar-refractivity contribution >= 4 is 23.3 Å². The van der Waals surface area contributed by atoms with Gasteiger partial charge in [0, 0.05) is 23.8 Å². The third-order valence-corrected chi connectivity index (χ3v) is 2.71. The van der Waals surface area contributed by atoms with Crippen LogP contribution < -0.4 is 22.1 Å². The third kappa shape index (κ3) is 5.39. The van der Waals surface area contributed by atoms with Crippen LogP contribution in [-0.2, 0) is 4.79 Å². The molecule has 3 amide bonds. The van der Waals surface area contributed by atoms with Gasteiger partial charge in [0.2, 0.25) is 5.91 Å². The van der Waals surface area contributed by atoms with Gasteiger partial charge in [-0.2, -0.15) is 0 Å². The molecule has 0 heterocycles. The third-order valence-electron chi connectivity index (χ3n) is 2.71. The van der Waals surface area contributed by atoms with E-state index in [9.17, 15) is 9.59 Å². The molecule has 19 heavy (non-hydrogen) atoms. The Bertz CT molecular complexity index is 442. The molecule has 0 saturated heterocycles. The molecule has 6 heteroatoms. The van der Waals surface area contributed by atoms with Gasteiger partial charge in [-0.3, -0.25) is 4.79 Å². The lowest BCUT2D eigenvalue weighted by Gasteiger charge is -2.15. The molecule has 0 aliphatic rings. The Labute approximate surface area is 112 Å². The van der Waals surface area contributed by atoms with Crippen molar-refractivity contribution in [2.24, 2.45) is 17.4 Å². The molecule has 0 spiro atoms. The highest BCUT2D eigenvalue weighted by molar-refractivity contribution is 5.92. The van der Waals surface area contributed by atoms with E-state index in [1.165, 1.54) is 0 Å². The van der Waals surface area contributed by atoms with Crippen LogP contribution in [0.5, 0.6) is 0 Å². The number of hydrogen-bond donors (Lipinski definition) is 4. The van der Waals surface area contributed by atoms with E-state index in [1.54, 1.807) is 24.3 Å². The molecule has 0 fully saturated rings. The van der Waals surface area contributed by atoms with Crippen molar-refractivity contribution in [3.63, 3.8) is 0 Å². The summed E-state index contributed by atoms with van der Waals surface area (Å²) in [6, 6.07) is 5.90. The molecule has 0 radical (unpaired) electrons. The zero-order valence-corrected chi connectivity index (χ0v) is 11.1. The fraction of sp³-hybridized carbons (Fsp3) is 0.385. The van der Waals surface area contributed by atoms with E-state index >= 15 is 0 Å². The zero-order chi connectivity index (χ0) is 14.4. The van der Waals surface area contributed by atoms with Crippen molar-refractivity contribution in [1.82, 2.24) is 0 Å². The summed E-state index contributed by atoms with van der Waals surface area (Å²) in [5.74, 6) is 0.129. The first kappa shape index (κ1) is 15.0. The van der Waals surface area contributed by atoms with Crippen molar-refractivity contribution in [3.05, 3.63) is 24.3 Å². The highest BCUT2D eigenvalue weighted by Gasteiger charge is 2.12. The molecule has 0 saturated carbocycles. The summed E-state index contributed by atoms with van der Waals surface area (Å²) in [6.45, 7) is 3.95. The lowest BCUT2D eigenvalue weighted by molar-refractivity contribution is -0.116. The molecule has 0 aliphatic carbocycles. The molecule has 1 unspecified atom stereocenters. The number of urea groups is 1. The number of primary amides is 1. The second-order valence-electron chi connectivity index (χ2n) is 4.73. The van der Waals surface area contributed by atoms with Gasteiger partial charge in [0.1, 0.15) is 0 Å². The molecule has 1 aromatic carbocycles. The Morgan fingerprint density at radius 2 is 1.58 bits per heavy atom. The minimum Gasteiger partial charge on any atom is -0.351 e. The Balaban J connectivity index is 2.53. The summed E-state index contributed by atoms with van der Waals surface area (Å²) >= 11 is 0. The van der Waals surface area contributed by atoms with Gasteiger partial charge in [0.05, 0.1) is 0 Å². The summed E-state index contributed by atoms with van der Waals surface area (Å²) in [6.07, 6.45) is 0.277. The van der Waals surface area contributed by atoms with Gasteiger partial charge >= 0.3 is 6.03 Å². The van der Waals surface area contributed by atoms with Crippen LogP contribution in [0.4, 0.5) is 16.2 Å². The van der Waals surface area contributed by atoms with Crippen LogP contribution in [0.15, 0.2) is 24.3 Å². The Kier molecular flexibility index (Phi) is 5.32. The molecule has 1 rings (SSSR count). The van der Waals surface area contributed by atoms with E-state index in [4.69, 9.17) is 11.5 Å². The van der Waals surface area contributed by atoms with Crippen LogP contribution in [0, 0.1) is 5.92 Å². The number of benzene rings is 1. The molecule has 0 bridgehead atoms. The Hall–Kier alpha value is -2.08. The second-order valence-corrected chi connectivity index (χ2v) is 4.73. The summed E-state index contributed by atoms with van der Waals surface area (Å²) in [7, 11) is 0. The molecular formula is C13H20N4O2. The predicted octanol–water partition coefficient (Wildman–Crippen LogP) is 1.49. The van der Waals surface area contributed by atoms with Crippen LogP contribution >= 0.6 is 0 Å². The number of nitrogens with two attached hydrogens (primary N) is 2. The van der Waals surface area contributed by atoms with Gasteiger partial charge in [-0.05, 0) is 30.2 Å². The predicted molar refractivity (Wildman–Crippen MR) is 75.7 cm³/mol. The number of anilines is 2. The Morgan fingerprint density at radius 1 is 1.11 bits per heavy atom. The fourth-order valence-electron chi connectivity index (χ4n) is 1.44. The van der Waals surface area contributed by atoms with Crippen molar-refractivity contribution in [1.29, 1.82) is 0 Å². The van der Waals surface area contributed by atoms with Crippen LogP contribution in [-0.4, -0.2) is 18.0 Å². The molecule has 104 valence electrons. The largest absolute Gasteiger partial charge is 0.351 e. The van der Waals surface area contributed by atoms with Crippen LogP contribution in [0.25, 0.3) is 0 Å². The molecule has 6 nitrogen and oxygen atoms in total. The normalized spacial score (nSPS) is 12.0. The van der Waals surface area contributed by atoms with Gasteiger partial charge < -0.3 is 22.1 Å². The smallest absolute Gasteiger partial charge is 0.316 e. The first-order valence-corrected chi connectivity index (χ1v) is 6.10. The maximum Gasteiger partial charge on any atom is 0.316 e. The van der Waals surface area contributed by atoms with Gasteiger partial charge in [-0.1, -0.05) is 13.8 Å². The number of carbonyl (C=O) groups excluding carboxylic acids is 2. The minimum absolute atomic E-state index is 0.128. The van der Waals surface area contributed by atoms with Crippen molar-refractivity contribution in [2.45, 2.75) is 26.3 Å². The lowest BCUT2D eigenvalue weighted by Crippen LogP contribution is -2.31. The monoisotopic (exact) mass is 264 g/mol. The number of rotatable bonds is 5. The van der Waals surface area contributed by atoms with E-state index < -0.39 is 6.03 Å². The van der Waals surface area contributed by atoms with Crippen molar-refractivity contribution < 1.29 is 9.59 Å². The van der Waals surface area contributed by atoms with E-state index in [2.05, 4.69) is 10.6 Å². The van der Waals surface area contributed by atoms with Gasteiger partial charge in [-0.25, -0.2) is 4.79 Å². The molecule has 1 atom stereocenters. The van der Waals surface area contributed by atoms with E-state index in [0.29, 0.717) is 11.4 Å². The molecular weight excluding hydrogens is 244 g/mol. The highest BCUT2D eigenvalue weighted by Crippen LogP contribution is 2.14. The van der Waals surface area contributed by atoms with Crippen molar-refractivity contribution in [3.8, 4) is 0 Å². The van der Waals surface area contributed by atoms with E-state index in [1.807, 2.05) is 13.8 Å². The number of hydrogen-bond acceptors (Lipinski definition) is 3. The van der Waals surface area contributed by atoms with Crippen LogP contribution in [0.2, 0.25) is 0 Å². The zero-order valence-electron chi connectivity index (χ0n) is 11.1. The summed E-state index contributed by atoms with van der Waals surface area (Å²) in [4.78, 5) is 22.4. The number of carbonyl (C=O) groups is 2. The average molecular weight is 264 g/mol. The summed E-state index contributed by atoms with van der Waals surface area (Å²) in [5.41, 5.74) is 12.0. The fourth-order valence-corrected chi connectivity index (χ4v) is 1.44. The Morgan fingerprint density at radius 3 is 2.00 bits per heavy atom.